The number of carbonyl (C=O) groups excluding carboxylic acids is 1. The summed E-state index contributed by atoms with van der Waals surface area (Å²) in [5.74, 6) is 0.751. The molecule has 1 saturated heterocycles. The highest BCUT2D eigenvalue weighted by atomic mass is 35.5. The molecule has 0 aliphatic carbocycles. The van der Waals surface area contributed by atoms with Gasteiger partial charge in [-0.15, -0.1) is 0 Å². The smallest absolute Gasteiger partial charge is 0.291 e. The molecule has 236 valence electrons. The summed E-state index contributed by atoms with van der Waals surface area (Å²) >= 11 is 6.97. The zero-order chi connectivity index (χ0) is 31.9. The Hall–Kier alpha value is -4.35. The first-order chi connectivity index (χ1) is 22.2. The monoisotopic (exact) mass is 636 g/mol. The molecule has 3 N–H and O–H groups in total. The summed E-state index contributed by atoms with van der Waals surface area (Å²) in [4.78, 5) is 31.9. The summed E-state index contributed by atoms with van der Waals surface area (Å²) in [6.45, 7) is 6.05. The second-order valence-electron chi connectivity index (χ2n) is 12.4. The van der Waals surface area contributed by atoms with E-state index in [9.17, 15) is 9.90 Å². The number of carbonyl (C=O) groups is 1. The van der Waals surface area contributed by atoms with Gasteiger partial charge in [0.15, 0.2) is 11.6 Å². The average Bonchev–Trinajstić information content (AvgIpc) is 3.60. The number of rotatable bonds is 7. The normalized spacial score (nSPS) is 16.9. The van der Waals surface area contributed by atoms with Crippen molar-refractivity contribution < 1.29 is 9.90 Å². The van der Waals surface area contributed by atoms with Gasteiger partial charge >= 0.3 is 0 Å². The molecule has 5 aromatic rings. The molecule has 0 radical (unpaired) electrons. The van der Waals surface area contributed by atoms with E-state index < -0.39 is 0 Å². The molecule has 2 aromatic carbocycles. The lowest BCUT2D eigenvalue weighted by Gasteiger charge is -2.21. The standard InChI is InChI=1S/C35H37ClN8O2/c1-21-25(26-7-5-9-28(31(26)36)41-35(46)34-40-29-20-42(2)14-12-30(29)43(34)3)6-4-8-27(21)39-33-32-23(10-13-37-33)16-22(17-38-32)18-44-15-11-24(45)19-44/h4-10,13,16-17,24,45H,11-12,14-15,18-20H2,1-3H3,(H,37,39)(H,41,46)/t24-/m0/s1. The van der Waals surface area contributed by atoms with E-state index in [2.05, 4.69) is 43.5 Å². The Morgan fingerprint density at radius 3 is 2.67 bits per heavy atom. The molecule has 1 fully saturated rings. The minimum atomic E-state index is -0.290. The fourth-order valence-electron chi connectivity index (χ4n) is 6.56. The number of hydrogen-bond donors (Lipinski definition) is 3. The molecule has 1 atom stereocenters. The van der Waals surface area contributed by atoms with Gasteiger partial charge in [-0.05, 0) is 61.3 Å². The van der Waals surface area contributed by atoms with Gasteiger partial charge in [-0.25, -0.2) is 9.97 Å². The number of amides is 1. The number of pyridine rings is 2. The molecule has 11 heteroatoms. The molecule has 5 heterocycles. The maximum absolute atomic E-state index is 13.4. The number of nitrogens with zero attached hydrogens (tertiary/aromatic N) is 6. The predicted molar refractivity (Wildman–Crippen MR) is 182 cm³/mol. The van der Waals surface area contributed by atoms with Crippen LogP contribution in [0.4, 0.5) is 17.2 Å². The maximum atomic E-state index is 13.4. The van der Waals surface area contributed by atoms with E-state index in [1.54, 1.807) is 6.20 Å². The number of likely N-dealkylation sites (tertiary alicyclic amines) is 1. The number of anilines is 3. The van der Waals surface area contributed by atoms with Gasteiger partial charge < -0.3 is 25.2 Å². The molecule has 10 nitrogen and oxygen atoms in total. The lowest BCUT2D eigenvalue weighted by molar-refractivity contribution is 0.101. The second kappa shape index (κ2) is 12.4. The van der Waals surface area contributed by atoms with E-state index in [0.717, 1.165) is 89.3 Å². The number of β-amino-alcohol motifs (C(OH)–C–C–N with tert-alkyl or cyclic N) is 1. The van der Waals surface area contributed by atoms with E-state index in [0.29, 0.717) is 28.9 Å². The third kappa shape index (κ3) is 5.85. The highest BCUT2D eigenvalue weighted by Crippen LogP contribution is 2.38. The molecule has 0 saturated carbocycles. The van der Waals surface area contributed by atoms with Gasteiger partial charge in [-0.3, -0.25) is 14.7 Å². The number of aromatic nitrogens is 4. The molecule has 0 unspecified atom stereocenters. The van der Waals surface area contributed by atoms with Crippen LogP contribution in [0.5, 0.6) is 0 Å². The summed E-state index contributed by atoms with van der Waals surface area (Å²) in [5, 5.41) is 17.8. The molecular weight excluding hydrogens is 600 g/mol. The predicted octanol–water partition coefficient (Wildman–Crippen LogP) is 5.54. The van der Waals surface area contributed by atoms with Gasteiger partial charge in [0.1, 0.15) is 5.52 Å². The Balaban J connectivity index is 1.13. The van der Waals surface area contributed by atoms with Crippen LogP contribution in [-0.2, 0) is 26.6 Å². The number of nitrogens with one attached hydrogen (secondary N) is 2. The van der Waals surface area contributed by atoms with Gasteiger partial charge in [0.2, 0.25) is 0 Å². The van der Waals surface area contributed by atoms with E-state index >= 15 is 0 Å². The Bertz CT molecular complexity index is 1960. The summed E-state index contributed by atoms with van der Waals surface area (Å²) < 4.78 is 1.89. The number of imidazole rings is 1. The van der Waals surface area contributed by atoms with Gasteiger partial charge in [0.05, 0.1) is 22.5 Å². The number of halogens is 1. The number of aliphatic hydroxyl groups excluding tert-OH is 1. The fraction of sp³-hybridized carbons (Fsp3) is 0.314. The maximum Gasteiger partial charge on any atom is 0.291 e. The average molecular weight is 637 g/mol. The van der Waals surface area contributed by atoms with E-state index in [1.807, 2.05) is 67.2 Å². The molecule has 0 spiro atoms. The number of benzene rings is 2. The van der Waals surface area contributed by atoms with Crippen LogP contribution < -0.4 is 10.6 Å². The van der Waals surface area contributed by atoms with Crippen LogP contribution in [0.1, 0.15) is 39.6 Å². The zero-order valence-electron chi connectivity index (χ0n) is 26.2. The minimum Gasteiger partial charge on any atom is -0.392 e. The van der Waals surface area contributed by atoms with Crippen molar-refractivity contribution in [3.05, 3.63) is 94.3 Å². The molecule has 2 aliphatic heterocycles. The molecule has 2 aliphatic rings. The van der Waals surface area contributed by atoms with E-state index in [1.165, 1.54) is 0 Å². The number of hydrogen-bond acceptors (Lipinski definition) is 8. The SMILES string of the molecule is Cc1c(Nc2nccc3cc(CN4CC[C@H](O)C4)cnc23)cccc1-c1cccc(NC(=O)c2nc3c(n2C)CCN(C)C3)c1Cl. The van der Waals surface area contributed by atoms with Gasteiger partial charge in [0, 0.05) is 80.9 Å². The summed E-state index contributed by atoms with van der Waals surface area (Å²) in [6.07, 6.45) is 5.10. The molecule has 7 rings (SSSR count). The van der Waals surface area contributed by atoms with Crippen LogP contribution in [0.2, 0.25) is 5.02 Å². The Morgan fingerprint density at radius 2 is 1.87 bits per heavy atom. The second-order valence-corrected chi connectivity index (χ2v) is 12.7. The van der Waals surface area contributed by atoms with Crippen LogP contribution in [0.25, 0.3) is 22.0 Å². The van der Waals surface area contributed by atoms with Crippen LogP contribution in [0, 0.1) is 6.92 Å². The van der Waals surface area contributed by atoms with Crippen LogP contribution in [-0.4, -0.2) is 73.1 Å². The van der Waals surface area contributed by atoms with Crippen molar-refractivity contribution in [1.29, 1.82) is 0 Å². The summed E-state index contributed by atoms with van der Waals surface area (Å²) in [5.41, 5.74) is 8.06. The molecular formula is C35H37ClN8O2. The lowest BCUT2D eigenvalue weighted by Crippen LogP contribution is -2.27. The van der Waals surface area contributed by atoms with Crippen molar-refractivity contribution in [3.8, 4) is 11.1 Å². The molecule has 46 heavy (non-hydrogen) atoms. The van der Waals surface area contributed by atoms with Gasteiger partial charge in [0.25, 0.3) is 5.91 Å². The highest BCUT2D eigenvalue weighted by Gasteiger charge is 2.25. The van der Waals surface area contributed by atoms with Crippen molar-refractivity contribution in [2.24, 2.45) is 7.05 Å². The Morgan fingerprint density at radius 1 is 1.07 bits per heavy atom. The summed E-state index contributed by atoms with van der Waals surface area (Å²) in [7, 11) is 3.95. The van der Waals surface area contributed by atoms with Crippen molar-refractivity contribution in [1.82, 2.24) is 29.3 Å². The molecule has 1 amide bonds. The van der Waals surface area contributed by atoms with Crippen molar-refractivity contribution in [2.45, 2.75) is 39.0 Å². The largest absolute Gasteiger partial charge is 0.392 e. The van der Waals surface area contributed by atoms with E-state index in [-0.39, 0.29) is 12.0 Å². The third-order valence-electron chi connectivity index (χ3n) is 9.08. The van der Waals surface area contributed by atoms with Crippen LogP contribution in [0.15, 0.2) is 60.9 Å². The lowest BCUT2D eigenvalue weighted by atomic mass is 9.98. The number of aliphatic hydroxyl groups is 1. The molecule has 3 aromatic heterocycles. The van der Waals surface area contributed by atoms with Crippen molar-refractivity contribution in [2.75, 3.05) is 37.3 Å². The first kappa shape index (κ1) is 30.3. The van der Waals surface area contributed by atoms with Gasteiger partial charge in [-0.2, -0.15) is 0 Å². The third-order valence-corrected chi connectivity index (χ3v) is 9.49. The number of likely N-dealkylation sites (N-methyl/N-ethyl adjacent to an activating group) is 1. The van der Waals surface area contributed by atoms with Gasteiger partial charge in [-0.1, -0.05) is 35.9 Å². The zero-order valence-corrected chi connectivity index (χ0v) is 27.0. The van der Waals surface area contributed by atoms with Crippen LogP contribution >= 0.6 is 11.6 Å². The Labute approximate surface area is 273 Å². The van der Waals surface area contributed by atoms with E-state index in [4.69, 9.17) is 16.6 Å². The van der Waals surface area contributed by atoms with Crippen molar-refractivity contribution >= 4 is 45.6 Å². The van der Waals surface area contributed by atoms with Crippen molar-refractivity contribution in [3.63, 3.8) is 0 Å². The quantitative estimate of drug-likeness (QED) is 0.214. The fourth-order valence-corrected chi connectivity index (χ4v) is 6.84. The first-order valence-corrected chi connectivity index (χ1v) is 16.0. The molecule has 0 bridgehead atoms. The minimum absolute atomic E-state index is 0.247. The number of fused-ring (bicyclic) bond motifs is 2. The highest BCUT2D eigenvalue weighted by molar-refractivity contribution is 6.36. The first-order valence-electron chi connectivity index (χ1n) is 15.6. The topological polar surface area (TPSA) is 111 Å². The Kier molecular flexibility index (Phi) is 8.20. The van der Waals surface area contributed by atoms with Crippen LogP contribution in [0.3, 0.4) is 0 Å². The summed E-state index contributed by atoms with van der Waals surface area (Å²) in [6, 6.07) is 15.8.